The molecule has 3 fully saturated rings. The molecular weight excluding hydrogens is 566 g/mol. The number of nitrogens with zero attached hydrogens (tertiary/aromatic N) is 4. The Labute approximate surface area is 247 Å². The summed E-state index contributed by atoms with van der Waals surface area (Å²) in [5.74, 6) is 1.26. The summed E-state index contributed by atoms with van der Waals surface area (Å²) in [7, 11) is 0. The van der Waals surface area contributed by atoms with Crippen LogP contribution in [-0.2, 0) is 23.9 Å². The summed E-state index contributed by atoms with van der Waals surface area (Å²) < 4.78 is 70.3. The van der Waals surface area contributed by atoms with E-state index in [9.17, 15) is 18.3 Å². The highest BCUT2D eigenvalue weighted by Crippen LogP contribution is 2.45. The number of aliphatic hydroxyl groups is 1. The quantitative estimate of drug-likeness (QED) is 0.223. The van der Waals surface area contributed by atoms with Gasteiger partial charge in [0.1, 0.15) is 12.4 Å². The number of alkyl halides is 3. The Morgan fingerprint density at radius 2 is 2.05 bits per heavy atom. The molecule has 0 amide bonds. The molecule has 3 atom stereocenters. The Kier molecular flexibility index (Phi) is 7.34. The number of ether oxygens (including phenoxy) is 2. The van der Waals surface area contributed by atoms with Gasteiger partial charge in [-0.15, -0.1) is 6.42 Å². The van der Waals surface area contributed by atoms with Crippen molar-refractivity contribution >= 4 is 11.5 Å². The Morgan fingerprint density at radius 1 is 1.28 bits per heavy atom. The van der Waals surface area contributed by atoms with E-state index < -0.39 is 46.1 Å². The predicted molar refractivity (Wildman–Crippen MR) is 152 cm³/mol. The smallest absolute Gasteiger partial charge is 0.418 e. The van der Waals surface area contributed by atoms with Crippen molar-refractivity contribution < 1.29 is 32.1 Å². The lowest BCUT2D eigenvalue weighted by molar-refractivity contribution is -0.140. The molecule has 0 saturated carbocycles. The van der Waals surface area contributed by atoms with Crippen molar-refractivity contribution in [2.24, 2.45) is 0 Å². The molecule has 43 heavy (non-hydrogen) atoms. The van der Waals surface area contributed by atoms with Crippen molar-refractivity contribution in [1.82, 2.24) is 14.9 Å². The summed E-state index contributed by atoms with van der Waals surface area (Å²) in [5.41, 5.74) is 3.61. The van der Waals surface area contributed by atoms with Gasteiger partial charge in [0.2, 0.25) is 0 Å². The lowest BCUT2D eigenvalue weighted by Gasteiger charge is -2.39. The standard InChI is InChI=1S/C31H35F4N5O3/c1-4-19-11-21(36)26(32)24(25(19)31(33,34)35)23-12-22-20(15-42-23)27(39-9-5-7-29(3,41)16-39)38-28(37-22)43-17-30-8-6-10-40(30)14-18(2)13-30/h1,11,23,41H,2,5-10,12-17,36H2,3H3/t23?,29?,30-/m0/s1. The topological polar surface area (TPSA) is 97.0 Å². The van der Waals surface area contributed by atoms with Crippen molar-refractivity contribution in [2.75, 3.05) is 43.4 Å². The lowest BCUT2D eigenvalue weighted by atomic mass is 9.90. The SMILES string of the molecule is C#Cc1cc(N)c(F)c(C2Cc3nc(OC[C@@]45CCCN4CC(=C)C5)nc(N4CCCC(C)(O)C4)c3CO2)c1C(F)(F)F. The number of hydrogen-bond acceptors (Lipinski definition) is 8. The van der Waals surface area contributed by atoms with Crippen LogP contribution in [0.4, 0.5) is 29.1 Å². The monoisotopic (exact) mass is 601 g/mol. The molecule has 12 heteroatoms. The van der Waals surface area contributed by atoms with E-state index in [-0.39, 0.29) is 24.6 Å². The Morgan fingerprint density at radius 3 is 2.77 bits per heavy atom. The minimum absolute atomic E-state index is 0.0757. The number of nitrogens with two attached hydrogens (primary N) is 1. The number of nitrogen functional groups attached to an aromatic ring is 1. The van der Waals surface area contributed by atoms with Crippen LogP contribution in [0.5, 0.6) is 6.01 Å². The van der Waals surface area contributed by atoms with Gasteiger partial charge in [-0.05, 0) is 51.6 Å². The second-order valence-corrected chi connectivity index (χ2v) is 12.5. The first-order valence-electron chi connectivity index (χ1n) is 14.5. The number of piperidine rings is 1. The number of rotatable bonds is 5. The Balaban J connectivity index is 1.39. The third kappa shape index (κ3) is 5.43. The van der Waals surface area contributed by atoms with Gasteiger partial charge in [-0.2, -0.15) is 23.1 Å². The maximum absolute atomic E-state index is 15.4. The number of halogens is 4. The molecule has 0 radical (unpaired) electrons. The number of fused-ring (bicyclic) bond motifs is 2. The van der Waals surface area contributed by atoms with E-state index in [1.165, 1.54) is 0 Å². The third-order valence-corrected chi connectivity index (χ3v) is 9.13. The van der Waals surface area contributed by atoms with Crippen LogP contribution in [0.3, 0.4) is 0 Å². The third-order valence-electron chi connectivity index (χ3n) is 9.13. The highest BCUT2D eigenvalue weighted by molar-refractivity contribution is 5.59. The number of aromatic nitrogens is 2. The average Bonchev–Trinajstić information content (AvgIpc) is 3.46. The summed E-state index contributed by atoms with van der Waals surface area (Å²) in [6.45, 7) is 8.74. The fraction of sp³-hybridized carbons (Fsp3) is 0.548. The Bertz CT molecular complexity index is 1500. The zero-order valence-corrected chi connectivity index (χ0v) is 24.1. The molecule has 3 saturated heterocycles. The largest absolute Gasteiger partial charge is 0.461 e. The molecule has 8 nitrogen and oxygen atoms in total. The predicted octanol–water partition coefficient (Wildman–Crippen LogP) is 4.54. The first kappa shape index (κ1) is 29.7. The maximum atomic E-state index is 15.4. The van der Waals surface area contributed by atoms with Gasteiger partial charge in [-0.25, -0.2) is 4.39 Å². The van der Waals surface area contributed by atoms with Crippen LogP contribution < -0.4 is 15.4 Å². The molecule has 1 aromatic heterocycles. The van der Waals surface area contributed by atoms with Crippen molar-refractivity contribution in [1.29, 1.82) is 0 Å². The van der Waals surface area contributed by atoms with Crippen molar-refractivity contribution in [3.63, 3.8) is 0 Å². The van der Waals surface area contributed by atoms with E-state index in [4.69, 9.17) is 26.6 Å². The normalized spacial score (nSPS) is 27.6. The second-order valence-electron chi connectivity index (χ2n) is 12.5. The summed E-state index contributed by atoms with van der Waals surface area (Å²) in [5, 5.41) is 10.8. The minimum atomic E-state index is -4.95. The lowest BCUT2D eigenvalue weighted by Crippen LogP contribution is -2.47. The average molecular weight is 602 g/mol. The summed E-state index contributed by atoms with van der Waals surface area (Å²) >= 11 is 0. The number of benzene rings is 1. The van der Waals surface area contributed by atoms with Gasteiger partial charge < -0.3 is 25.2 Å². The fourth-order valence-electron chi connectivity index (χ4n) is 7.21. The van der Waals surface area contributed by atoms with E-state index in [1.807, 2.05) is 10.8 Å². The van der Waals surface area contributed by atoms with Gasteiger partial charge >= 0.3 is 12.2 Å². The fourth-order valence-corrected chi connectivity index (χ4v) is 7.21. The van der Waals surface area contributed by atoms with Gasteiger partial charge in [-0.1, -0.05) is 18.1 Å². The highest BCUT2D eigenvalue weighted by Gasteiger charge is 2.47. The molecule has 6 rings (SSSR count). The zero-order chi connectivity index (χ0) is 30.7. The molecule has 3 N–H and O–H groups in total. The van der Waals surface area contributed by atoms with E-state index in [2.05, 4.69) is 16.5 Å². The van der Waals surface area contributed by atoms with Crippen LogP contribution in [-0.4, -0.2) is 63.9 Å². The zero-order valence-electron chi connectivity index (χ0n) is 24.1. The maximum Gasteiger partial charge on any atom is 0.418 e. The van der Waals surface area contributed by atoms with Gasteiger partial charge in [0.25, 0.3) is 0 Å². The number of β-amino-alcohol motifs (C(OH)–C–C–N with tert-alkyl or cyclic N) is 1. The molecule has 1 aromatic carbocycles. The molecular formula is C31H35F4N5O3. The summed E-state index contributed by atoms with van der Waals surface area (Å²) in [4.78, 5) is 13.7. The van der Waals surface area contributed by atoms with Gasteiger partial charge in [0, 0.05) is 42.7 Å². The molecule has 2 unspecified atom stereocenters. The van der Waals surface area contributed by atoms with Crippen LogP contribution in [0.2, 0.25) is 0 Å². The molecule has 4 aliphatic rings. The van der Waals surface area contributed by atoms with Crippen LogP contribution in [0.15, 0.2) is 18.2 Å². The second kappa shape index (κ2) is 10.6. The van der Waals surface area contributed by atoms with Crippen LogP contribution in [0.25, 0.3) is 0 Å². The first-order chi connectivity index (χ1) is 20.3. The number of anilines is 2. The molecule has 0 spiro atoms. The molecule has 2 aromatic rings. The molecule has 5 heterocycles. The summed E-state index contributed by atoms with van der Waals surface area (Å²) in [6, 6.07) is 0.891. The van der Waals surface area contributed by atoms with Crippen molar-refractivity contribution in [3.05, 3.63) is 52.0 Å². The van der Waals surface area contributed by atoms with E-state index in [0.29, 0.717) is 49.6 Å². The molecule has 4 aliphatic heterocycles. The van der Waals surface area contributed by atoms with E-state index in [0.717, 1.165) is 44.0 Å². The molecule has 0 bridgehead atoms. The van der Waals surface area contributed by atoms with Gasteiger partial charge in [0.05, 0.1) is 40.8 Å². The van der Waals surface area contributed by atoms with Gasteiger partial charge in [-0.3, -0.25) is 4.90 Å². The van der Waals surface area contributed by atoms with Gasteiger partial charge in [0.15, 0.2) is 5.82 Å². The van der Waals surface area contributed by atoms with Crippen molar-refractivity contribution in [2.45, 2.75) is 75.5 Å². The minimum Gasteiger partial charge on any atom is -0.461 e. The van der Waals surface area contributed by atoms with Crippen LogP contribution in [0, 0.1) is 18.2 Å². The summed E-state index contributed by atoms with van der Waals surface area (Å²) in [6.07, 6.45) is 3.01. The first-order valence-corrected chi connectivity index (χ1v) is 14.5. The number of terminal acetylenes is 1. The molecule has 230 valence electrons. The van der Waals surface area contributed by atoms with Crippen molar-refractivity contribution in [3.8, 4) is 18.4 Å². The van der Waals surface area contributed by atoms with E-state index in [1.54, 1.807) is 6.92 Å². The number of hydrogen-bond donors (Lipinski definition) is 2. The molecule has 0 aliphatic carbocycles. The van der Waals surface area contributed by atoms with Crippen LogP contribution in [0.1, 0.15) is 73.1 Å². The van der Waals surface area contributed by atoms with Crippen LogP contribution >= 0.6 is 0 Å². The van der Waals surface area contributed by atoms with E-state index >= 15 is 4.39 Å². The highest BCUT2D eigenvalue weighted by atomic mass is 19.4. The Hall–Kier alpha value is -3.40.